The van der Waals surface area contributed by atoms with Crippen LogP contribution < -0.4 is 5.32 Å². The van der Waals surface area contributed by atoms with Crippen LogP contribution in [0.3, 0.4) is 0 Å². The van der Waals surface area contributed by atoms with Crippen LogP contribution in [0, 0.1) is 0 Å². The van der Waals surface area contributed by atoms with E-state index in [4.69, 9.17) is 0 Å². The molecule has 5 nitrogen and oxygen atoms in total. The van der Waals surface area contributed by atoms with Gasteiger partial charge in [0, 0.05) is 51.9 Å². The number of piperazine rings is 1. The predicted octanol–water partition coefficient (Wildman–Crippen LogP) is 0.369. The SMILES string of the molecule is CN(CCN1CCNCC1)C(=O)c1ccc(O)cc1. The van der Waals surface area contributed by atoms with Gasteiger partial charge in [-0.1, -0.05) is 0 Å². The van der Waals surface area contributed by atoms with Gasteiger partial charge in [-0.2, -0.15) is 0 Å². The molecule has 0 spiro atoms. The second-order valence-electron chi connectivity index (χ2n) is 4.87. The van der Waals surface area contributed by atoms with Crippen LogP contribution in [0.25, 0.3) is 0 Å². The highest BCUT2D eigenvalue weighted by molar-refractivity contribution is 5.94. The third-order valence-electron chi connectivity index (χ3n) is 3.42. The summed E-state index contributed by atoms with van der Waals surface area (Å²) in [5.41, 5.74) is 0.612. The summed E-state index contributed by atoms with van der Waals surface area (Å²) in [6, 6.07) is 6.38. The Morgan fingerprint density at radius 3 is 2.58 bits per heavy atom. The van der Waals surface area contributed by atoms with Gasteiger partial charge in [0.2, 0.25) is 0 Å². The van der Waals surface area contributed by atoms with Crippen LogP contribution in [0.4, 0.5) is 0 Å². The first-order valence-corrected chi connectivity index (χ1v) is 6.64. The normalized spacial score (nSPS) is 16.3. The lowest BCUT2D eigenvalue weighted by Gasteiger charge is -2.29. The number of phenols is 1. The topological polar surface area (TPSA) is 55.8 Å². The summed E-state index contributed by atoms with van der Waals surface area (Å²) in [7, 11) is 1.82. The number of hydrogen-bond acceptors (Lipinski definition) is 4. The van der Waals surface area contributed by atoms with Crippen molar-refractivity contribution in [3.63, 3.8) is 0 Å². The molecular formula is C14H21N3O2. The number of nitrogens with one attached hydrogen (secondary N) is 1. The lowest BCUT2D eigenvalue weighted by Crippen LogP contribution is -2.46. The molecule has 19 heavy (non-hydrogen) atoms. The number of amides is 1. The summed E-state index contributed by atoms with van der Waals surface area (Å²) in [6.45, 7) is 5.76. The van der Waals surface area contributed by atoms with Gasteiger partial charge < -0.3 is 15.3 Å². The lowest BCUT2D eigenvalue weighted by atomic mass is 10.2. The van der Waals surface area contributed by atoms with E-state index in [9.17, 15) is 9.90 Å². The maximum Gasteiger partial charge on any atom is 0.253 e. The van der Waals surface area contributed by atoms with E-state index in [1.54, 1.807) is 17.0 Å². The number of phenolic OH excluding ortho intramolecular Hbond substituents is 1. The zero-order valence-electron chi connectivity index (χ0n) is 11.3. The van der Waals surface area contributed by atoms with Crippen LogP contribution in [0.15, 0.2) is 24.3 Å². The Bertz CT molecular complexity index is 413. The first-order chi connectivity index (χ1) is 9.16. The Hall–Kier alpha value is -1.59. The van der Waals surface area contributed by atoms with E-state index in [0.717, 1.165) is 39.3 Å². The molecule has 0 aliphatic carbocycles. The minimum Gasteiger partial charge on any atom is -0.508 e. The van der Waals surface area contributed by atoms with Crippen LogP contribution in [-0.2, 0) is 0 Å². The van der Waals surface area contributed by atoms with Crippen molar-refractivity contribution >= 4 is 5.91 Å². The van der Waals surface area contributed by atoms with Crippen LogP contribution in [0.2, 0.25) is 0 Å². The summed E-state index contributed by atoms with van der Waals surface area (Å²) in [4.78, 5) is 16.2. The highest BCUT2D eigenvalue weighted by Crippen LogP contribution is 2.11. The third kappa shape index (κ3) is 3.94. The fourth-order valence-corrected chi connectivity index (χ4v) is 2.15. The molecule has 2 N–H and O–H groups in total. The average molecular weight is 263 g/mol. The molecular weight excluding hydrogens is 242 g/mol. The van der Waals surface area contributed by atoms with Gasteiger partial charge in [-0.05, 0) is 24.3 Å². The Morgan fingerprint density at radius 1 is 1.32 bits per heavy atom. The quantitative estimate of drug-likeness (QED) is 0.824. The maximum absolute atomic E-state index is 12.1. The molecule has 1 aromatic carbocycles. The Kier molecular flexibility index (Phi) is 4.76. The summed E-state index contributed by atoms with van der Waals surface area (Å²) in [5, 5.41) is 12.5. The fraction of sp³-hybridized carbons (Fsp3) is 0.500. The highest BCUT2D eigenvalue weighted by Gasteiger charge is 2.14. The molecule has 2 rings (SSSR count). The number of hydrogen-bond donors (Lipinski definition) is 2. The van der Waals surface area contributed by atoms with Crippen molar-refractivity contribution in [2.75, 3.05) is 46.3 Å². The molecule has 0 unspecified atom stereocenters. The Morgan fingerprint density at radius 2 is 1.95 bits per heavy atom. The van der Waals surface area contributed by atoms with Crippen LogP contribution in [0.5, 0.6) is 5.75 Å². The molecule has 1 saturated heterocycles. The van der Waals surface area contributed by atoms with Gasteiger partial charge in [-0.15, -0.1) is 0 Å². The molecule has 0 aromatic heterocycles. The summed E-state index contributed by atoms with van der Waals surface area (Å²) in [6.07, 6.45) is 0. The van der Waals surface area contributed by atoms with E-state index in [-0.39, 0.29) is 11.7 Å². The van der Waals surface area contributed by atoms with Crippen molar-refractivity contribution in [2.45, 2.75) is 0 Å². The molecule has 1 amide bonds. The van der Waals surface area contributed by atoms with Crippen molar-refractivity contribution in [3.8, 4) is 5.75 Å². The van der Waals surface area contributed by atoms with E-state index < -0.39 is 0 Å². The molecule has 1 aromatic rings. The maximum atomic E-state index is 12.1. The zero-order valence-corrected chi connectivity index (χ0v) is 11.3. The number of carbonyl (C=O) groups excluding carboxylic acids is 1. The van der Waals surface area contributed by atoms with Crippen molar-refractivity contribution in [1.82, 2.24) is 15.1 Å². The van der Waals surface area contributed by atoms with Gasteiger partial charge in [-0.25, -0.2) is 0 Å². The van der Waals surface area contributed by atoms with E-state index in [0.29, 0.717) is 5.56 Å². The molecule has 0 radical (unpaired) electrons. The number of likely N-dealkylation sites (N-methyl/N-ethyl adjacent to an activating group) is 1. The molecule has 5 heteroatoms. The molecule has 0 bridgehead atoms. The predicted molar refractivity (Wildman–Crippen MR) is 74.4 cm³/mol. The van der Waals surface area contributed by atoms with E-state index in [2.05, 4.69) is 10.2 Å². The molecule has 1 aliphatic rings. The van der Waals surface area contributed by atoms with Crippen LogP contribution in [0.1, 0.15) is 10.4 Å². The Balaban J connectivity index is 1.83. The monoisotopic (exact) mass is 263 g/mol. The number of benzene rings is 1. The summed E-state index contributed by atoms with van der Waals surface area (Å²) < 4.78 is 0. The zero-order chi connectivity index (χ0) is 13.7. The van der Waals surface area contributed by atoms with Crippen molar-refractivity contribution < 1.29 is 9.90 Å². The van der Waals surface area contributed by atoms with Gasteiger partial charge >= 0.3 is 0 Å². The lowest BCUT2D eigenvalue weighted by molar-refractivity contribution is 0.0775. The molecule has 1 aliphatic heterocycles. The van der Waals surface area contributed by atoms with Gasteiger partial charge in [0.1, 0.15) is 5.75 Å². The molecule has 1 heterocycles. The van der Waals surface area contributed by atoms with Crippen LogP contribution >= 0.6 is 0 Å². The number of carbonyl (C=O) groups is 1. The van der Waals surface area contributed by atoms with Gasteiger partial charge in [0.15, 0.2) is 0 Å². The first kappa shape index (κ1) is 13.8. The molecule has 1 fully saturated rings. The fourth-order valence-electron chi connectivity index (χ4n) is 2.15. The molecule has 104 valence electrons. The van der Waals surface area contributed by atoms with E-state index in [1.807, 2.05) is 7.05 Å². The van der Waals surface area contributed by atoms with Crippen molar-refractivity contribution in [2.24, 2.45) is 0 Å². The standard InChI is InChI=1S/C14H21N3O2/c1-16(10-11-17-8-6-15-7-9-17)14(19)12-2-4-13(18)5-3-12/h2-5,15,18H,6-11H2,1H3. The van der Waals surface area contributed by atoms with E-state index >= 15 is 0 Å². The van der Waals surface area contributed by atoms with Gasteiger partial charge in [0.05, 0.1) is 0 Å². The largest absolute Gasteiger partial charge is 0.508 e. The van der Waals surface area contributed by atoms with Crippen molar-refractivity contribution in [1.29, 1.82) is 0 Å². The van der Waals surface area contributed by atoms with Gasteiger partial charge in [-0.3, -0.25) is 9.69 Å². The Labute approximate surface area is 113 Å². The molecule has 0 saturated carbocycles. The van der Waals surface area contributed by atoms with Crippen molar-refractivity contribution in [3.05, 3.63) is 29.8 Å². The third-order valence-corrected chi connectivity index (χ3v) is 3.42. The van der Waals surface area contributed by atoms with E-state index in [1.165, 1.54) is 12.1 Å². The summed E-state index contributed by atoms with van der Waals surface area (Å²) in [5.74, 6) is 0.176. The first-order valence-electron chi connectivity index (χ1n) is 6.64. The average Bonchev–Trinajstić information content (AvgIpc) is 2.46. The van der Waals surface area contributed by atoms with Crippen LogP contribution in [-0.4, -0.2) is 67.1 Å². The number of aromatic hydroxyl groups is 1. The highest BCUT2D eigenvalue weighted by atomic mass is 16.3. The number of nitrogens with zero attached hydrogens (tertiary/aromatic N) is 2. The van der Waals surface area contributed by atoms with Gasteiger partial charge in [0.25, 0.3) is 5.91 Å². The minimum absolute atomic E-state index is 0.00451. The second-order valence-corrected chi connectivity index (χ2v) is 4.87. The summed E-state index contributed by atoms with van der Waals surface area (Å²) >= 11 is 0. The number of rotatable bonds is 4. The minimum atomic E-state index is -0.00451. The second kappa shape index (κ2) is 6.54. The molecule has 0 atom stereocenters. The smallest absolute Gasteiger partial charge is 0.253 e.